The molecule has 2 unspecified atom stereocenters. The first-order chi connectivity index (χ1) is 27.3. The van der Waals surface area contributed by atoms with E-state index in [1.807, 2.05) is 9.48 Å². The zero-order chi connectivity index (χ0) is 44.0. The first kappa shape index (κ1) is 59.2. The third kappa shape index (κ3) is 15.6. The van der Waals surface area contributed by atoms with Crippen molar-refractivity contribution >= 4 is 63.5 Å². The van der Waals surface area contributed by atoms with Crippen molar-refractivity contribution in [3.8, 4) is 0 Å². The van der Waals surface area contributed by atoms with E-state index in [-0.39, 0.29) is 134 Å². The second-order valence-electron chi connectivity index (χ2n) is 14.8. The average Bonchev–Trinajstić information content (AvgIpc) is 3.48. The number of aliphatic carboxylic acids is 1. The largest absolute Gasteiger partial charge is 1.00 e. The quantitative estimate of drug-likeness (QED) is 0.0378. The Balaban J connectivity index is 0.00000641. The molecule has 0 radical (unpaired) electrons. The van der Waals surface area contributed by atoms with Gasteiger partial charge in [-0.3, -0.25) is 4.55 Å². The summed E-state index contributed by atoms with van der Waals surface area (Å²) in [5.74, 6) is -2.46. The van der Waals surface area contributed by atoms with Gasteiger partial charge in [0.1, 0.15) is 26.8 Å². The summed E-state index contributed by atoms with van der Waals surface area (Å²) < 4.78 is 147. The van der Waals surface area contributed by atoms with Crippen LogP contribution in [0.3, 0.4) is 0 Å². The third-order valence-electron chi connectivity index (χ3n) is 10.7. The van der Waals surface area contributed by atoms with Gasteiger partial charge in [0.25, 0.3) is 10.1 Å². The van der Waals surface area contributed by atoms with Crippen LogP contribution in [-0.2, 0) is 60.8 Å². The molecule has 1 N–H and O–H groups in total. The van der Waals surface area contributed by atoms with Gasteiger partial charge in [0.15, 0.2) is 5.71 Å². The molecule has 2 aliphatic rings. The van der Waals surface area contributed by atoms with E-state index in [1.54, 1.807) is 44.2 Å². The maximum Gasteiger partial charge on any atom is 1.00 e. The number of carboxylic acid groups (broad SMARTS) is 1. The maximum absolute atomic E-state index is 12.1. The van der Waals surface area contributed by atoms with Crippen molar-refractivity contribution in [2.45, 2.75) is 85.8 Å². The summed E-state index contributed by atoms with van der Waals surface area (Å²) in [5, 5.41) is 11.0. The molecular formula is C38H47N2Na3O15S4. The van der Waals surface area contributed by atoms with Gasteiger partial charge in [-0.15, -0.1) is 0 Å². The Labute approximate surface area is 431 Å². The molecule has 326 valence electrons. The van der Waals surface area contributed by atoms with Crippen molar-refractivity contribution in [3.63, 3.8) is 0 Å². The number of ether oxygens (including phenoxy) is 1. The van der Waals surface area contributed by atoms with Crippen LogP contribution >= 0.6 is 0 Å². The molecule has 62 heavy (non-hydrogen) atoms. The van der Waals surface area contributed by atoms with Crippen LogP contribution in [0.4, 0.5) is 11.4 Å². The number of benzene rings is 2. The normalized spacial score (nSPS) is 19.7. The molecule has 2 aliphatic heterocycles. The van der Waals surface area contributed by atoms with E-state index in [1.165, 1.54) is 43.5 Å². The van der Waals surface area contributed by atoms with Crippen LogP contribution < -0.4 is 98.7 Å². The third-order valence-corrected chi connectivity index (χ3v) is 13.9. The number of rotatable bonds is 22. The van der Waals surface area contributed by atoms with Gasteiger partial charge in [-0.25, -0.2) is 25.3 Å². The molecule has 0 saturated carbocycles. The van der Waals surface area contributed by atoms with Crippen molar-refractivity contribution in [2.24, 2.45) is 0 Å². The minimum atomic E-state index is -4.90. The number of hydrogen-bond acceptors (Lipinski definition) is 15. The molecule has 0 aromatic heterocycles. The second-order valence-corrected chi connectivity index (χ2v) is 20.7. The fraction of sp³-hybridized carbons (Fsp3) is 0.474. The molecule has 2 aromatic rings. The van der Waals surface area contributed by atoms with Gasteiger partial charge in [-0.05, 0) is 101 Å². The number of anilines is 1. The summed E-state index contributed by atoms with van der Waals surface area (Å²) >= 11 is 0. The van der Waals surface area contributed by atoms with Gasteiger partial charge in [0.2, 0.25) is 5.69 Å². The number of carbonyl (C=O) groups excluding carboxylic acids is 1. The second kappa shape index (κ2) is 24.3. The Morgan fingerprint density at radius 1 is 0.774 bits per heavy atom. The van der Waals surface area contributed by atoms with Crippen LogP contribution in [0.25, 0.3) is 0 Å². The summed E-state index contributed by atoms with van der Waals surface area (Å²) in [6, 6.07) is 7.83. The molecule has 17 nitrogen and oxygen atoms in total. The monoisotopic (exact) mass is 968 g/mol. The van der Waals surface area contributed by atoms with Crippen LogP contribution in [0.15, 0.2) is 82.3 Å². The molecule has 2 atom stereocenters. The number of hydrogen-bond donors (Lipinski definition) is 1. The number of fused-ring (bicyclic) bond motifs is 2. The van der Waals surface area contributed by atoms with E-state index < -0.39 is 78.6 Å². The van der Waals surface area contributed by atoms with Crippen LogP contribution in [0.1, 0.15) is 76.3 Å². The molecule has 0 spiro atoms. The van der Waals surface area contributed by atoms with Crippen molar-refractivity contribution < 1.29 is 160 Å². The first-order valence-corrected chi connectivity index (χ1v) is 24.6. The fourth-order valence-electron chi connectivity index (χ4n) is 7.85. The predicted molar refractivity (Wildman–Crippen MR) is 212 cm³/mol. The van der Waals surface area contributed by atoms with Crippen LogP contribution in [-0.4, -0.2) is 106 Å². The van der Waals surface area contributed by atoms with Gasteiger partial charge in [-0.2, -0.15) is 13.0 Å². The number of methoxy groups -OCH3 is 1. The number of unbranched alkanes of at least 4 members (excludes halogenated alkanes) is 2. The van der Waals surface area contributed by atoms with E-state index in [0.717, 1.165) is 0 Å². The van der Waals surface area contributed by atoms with Crippen molar-refractivity contribution in [2.75, 3.05) is 43.2 Å². The SMILES string of the molecule is COCCN1C(=CC=CC=CC2=[N+](CCCCCC(=O)[O-])c3ccc(S(=O)(=O)[O-])cc3C2(C)CCCS(=O)(=O)[O-])C(C)(CCCS(=O)(=O)O)c2cc(S(=O)(=O)[O-])ccc21.[Na+].[Na+].[Na+]. The topological polar surface area (TPSA) is 282 Å². The zero-order valence-electron chi connectivity index (χ0n) is 35.7. The minimum absolute atomic E-state index is 0. The summed E-state index contributed by atoms with van der Waals surface area (Å²) in [7, 11) is -17.2. The molecule has 4 rings (SSSR count). The van der Waals surface area contributed by atoms with E-state index in [4.69, 9.17) is 4.74 Å². The van der Waals surface area contributed by atoms with Crippen molar-refractivity contribution in [3.05, 3.63) is 83.6 Å². The predicted octanol–water partition coefficient (Wildman–Crippen LogP) is -6.41. The van der Waals surface area contributed by atoms with Gasteiger partial charge in [0.05, 0.1) is 37.7 Å². The van der Waals surface area contributed by atoms with E-state index in [2.05, 4.69) is 0 Å². The Bertz CT molecular complexity index is 2510. The van der Waals surface area contributed by atoms with Crippen LogP contribution in [0, 0.1) is 0 Å². The Morgan fingerprint density at radius 2 is 1.35 bits per heavy atom. The van der Waals surface area contributed by atoms with E-state index >= 15 is 0 Å². The molecular weight excluding hydrogens is 922 g/mol. The fourth-order valence-corrected chi connectivity index (χ4v) is 9.85. The molecule has 0 aliphatic carbocycles. The van der Waals surface area contributed by atoms with E-state index in [9.17, 15) is 61.8 Å². The van der Waals surface area contributed by atoms with Gasteiger partial charge in [-0.1, -0.05) is 18.2 Å². The molecule has 0 fully saturated rings. The Hall–Kier alpha value is -0.800. The van der Waals surface area contributed by atoms with Crippen molar-refractivity contribution in [1.29, 1.82) is 0 Å². The van der Waals surface area contributed by atoms with Gasteiger partial charge >= 0.3 is 88.7 Å². The standard InChI is InChI=1S/C38H50N2O15S4.3Na/c1-37(19-10-24-56(43,44)45)30-26-28(58(49,50)51)15-17-32(30)39(21-9-5-8-14-36(41)42)34(37)12-6-4-7-13-35-38(2,20-11-25-57(46,47)48)31-27-29(59(52,53)54)16-18-33(31)40(35)22-23-55-3;;;/h4,6-7,12-13,15-18,26-27H,5,8-11,14,19-25H2,1-3H3,(H4-,41,42,43,44,45,46,47,48,49,50,51,52,53,54);;;/q;3*+1/p-3. The molecule has 0 amide bonds. The average molecular weight is 969 g/mol. The first-order valence-electron chi connectivity index (χ1n) is 18.6. The summed E-state index contributed by atoms with van der Waals surface area (Å²) in [5.41, 5.74) is 0.958. The zero-order valence-corrected chi connectivity index (χ0v) is 45.0. The molecule has 24 heteroatoms. The van der Waals surface area contributed by atoms with Gasteiger partial charge < -0.3 is 33.2 Å². The molecule has 0 bridgehead atoms. The Morgan fingerprint density at radius 3 is 1.92 bits per heavy atom. The minimum Gasteiger partial charge on any atom is -0.748 e. The summed E-state index contributed by atoms with van der Waals surface area (Å²) in [4.78, 5) is 11.9. The smallest absolute Gasteiger partial charge is 0.748 e. The number of carbonyl (C=O) groups is 1. The van der Waals surface area contributed by atoms with Crippen molar-refractivity contribution in [1.82, 2.24) is 0 Å². The number of nitrogens with zero attached hydrogens (tertiary/aromatic N) is 2. The number of allylic oxidation sites excluding steroid dienone is 6. The summed E-state index contributed by atoms with van der Waals surface area (Å²) in [6.45, 7) is 4.33. The summed E-state index contributed by atoms with van der Waals surface area (Å²) in [6.07, 6.45) is 9.66. The van der Waals surface area contributed by atoms with Gasteiger partial charge in [0, 0.05) is 66.3 Å². The molecule has 2 heterocycles. The number of carboxylic acids is 1. The van der Waals surface area contributed by atoms with Crippen LogP contribution in [0.2, 0.25) is 0 Å². The molecule has 2 aromatic carbocycles. The molecule has 0 saturated heterocycles. The Kier molecular flexibility index (Phi) is 23.2. The van der Waals surface area contributed by atoms with Crippen LogP contribution in [0.5, 0.6) is 0 Å². The van der Waals surface area contributed by atoms with E-state index in [0.29, 0.717) is 59.7 Å². The maximum atomic E-state index is 12.1.